The van der Waals surface area contributed by atoms with Crippen molar-refractivity contribution in [3.63, 3.8) is 0 Å². The van der Waals surface area contributed by atoms with E-state index < -0.39 is 0 Å². The second-order valence-electron chi connectivity index (χ2n) is 4.56. The van der Waals surface area contributed by atoms with Gasteiger partial charge in [-0.05, 0) is 65.7 Å². The van der Waals surface area contributed by atoms with Crippen molar-refractivity contribution in [1.29, 1.82) is 5.26 Å². The number of hydrogen-bond donors (Lipinski definition) is 2. The fourth-order valence-corrected chi connectivity index (χ4v) is 3.19. The zero-order valence-corrected chi connectivity index (χ0v) is 11.8. The second-order valence-corrected chi connectivity index (χ2v) is 5.61. The Labute approximate surface area is 126 Å². The molecule has 2 N–H and O–H groups in total. The molecule has 0 unspecified atom stereocenters. The summed E-state index contributed by atoms with van der Waals surface area (Å²) in [5.41, 5.74) is 2.47. The first kappa shape index (κ1) is 13.2. The zero-order valence-electron chi connectivity index (χ0n) is 10.9. The highest BCUT2D eigenvalue weighted by atomic mass is 32.1. The van der Waals surface area contributed by atoms with E-state index in [-0.39, 0.29) is 11.5 Å². The standard InChI is InChI=1S/C17H11NO2S/c18-10-13-9-16(11-1-5-14(19)6-2-11)21-17(13)12-3-7-15(20)8-4-12/h1-9,19-20H. The van der Waals surface area contributed by atoms with Crippen LogP contribution < -0.4 is 0 Å². The molecule has 2 aromatic carbocycles. The van der Waals surface area contributed by atoms with Crippen LogP contribution in [0.15, 0.2) is 54.6 Å². The van der Waals surface area contributed by atoms with Crippen molar-refractivity contribution in [2.24, 2.45) is 0 Å². The molecule has 0 saturated heterocycles. The molecule has 1 aromatic heterocycles. The first-order chi connectivity index (χ1) is 10.2. The van der Waals surface area contributed by atoms with Crippen LogP contribution in [0.1, 0.15) is 5.56 Å². The predicted molar refractivity (Wildman–Crippen MR) is 83.2 cm³/mol. The Balaban J connectivity index is 2.08. The molecule has 0 aliphatic rings. The van der Waals surface area contributed by atoms with Crippen molar-refractivity contribution < 1.29 is 10.2 Å². The van der Waals surface area contributed by atoms with Crippen LogP contribution in [0, 0.1) is 11.3 Å². The van der Waals surface area contributed by atoms with Gasteiger partial charge >= 0.3 is 0 Å². The first-order valence-corrected chi connectivity index (χ1v) is 7.12. The molecule has 0 spiro atoms. The smallest absolute Gasteiger partial charge is 0.115 e. The number of hydrogen-bond acceptors (Lipinski definition) is 4. The first-order valence-electron chi connectivity index (χ1n) is 6.30. The molecule has 0 fully saturated rings. The Bertz CT molecular complexity index is 811. The van der Waals surface area contributed by atoms with E-state index in [1.165, 1.54) is 11.3 Å². The van der Waals surface area contributed by atoms with E-state index in [1.54, 1.807) is 36.4 Å². The topological polar surface area (TPSA) is 64.2 Å². The minimum Gasteiger partial charge on any atom is -0.508 e. The lowest BCUT2D eigenvalue weighted by Crippen LogP contribution is -1.75. The fraction of sp³-hybridized carbons (Fsp3) is 0. The van der Waals surface area contributed by atoms with Crippen LogP contribution >= 0.6 is 11.3 Å². The number of benzene rings is 2. The van der Waals surface area contributed by atoms with Gasteiger partial charge in [0.25, 0.3) is 0 Å². The second kappa shape index (κ2) is 5.31. The number of thiophene rings is 1. The van der Waals surface area contributed by atoms with Crippen LogP contribution in [-0.2, 0) is 0 Å². The van der Waals surface area contributed by atoms with Crippen LogP contribution in [0.3, 0.4) is 0 Å². The van der Waals surface area contributed by atoms with E-state index in [2.05, 4.69) is 6.07 Å². The largest absolute Gasteiger partial charge is 0.508 e. The summed E-state index contributed by atoms with van der Waals surface area (Å²) in [6.45, 7) is 0. The maximum Gasteiger partial charge on any atom is 0.115 e. The molecule has 0 bridgehead atoms. The quantitative estimate of drug-likeness (QED) is 0.737. The van der Waals surface area contributed by atoms with Crippen molar-refractivity contribution in [2.45, 2.75) is 0 Å². The molecule has 0 aliphatic heterocycles. The summed E-state index contributed by atoms with van der Waals surface area (Å²) in [4.78, 5) is 1.84. The highest BCUT2D eigenvalue weighted by Crippen LogP contribution is 2.38. The van der Waals surface area contributed by atoms with E-state index >= 15 is 0 Å². The van der Waals surface area contributed by atoms with Crippen molar-refractivity contribution in [1.82, 2.24) is 0 Å². The van der Waals surface area contributed by atoms with Gasteiger partial charge < -0.3 is 10.2 Å². The number of phenolic OH excluding ortho intramolecular Hbond substituents is 2. The van der Waals surface area contributed by atoms with E-state index in [0.717, 1.165) is 20.9 Å². The molecule has 0 atom stereocenters. The van der Waals surface area contributed by atoms with E-state index in [4.69, 9.17) is 0 Å². The molecule has 21 heavy (non-hydrogen) atoms. The lowest BCUT2D eigenvalue weighted by atomic mass is 10.1. The maximum absolute atomic E-state index is 9.35. The number of rotatable bonds is 2. The molecule has 1 heterocycles. The molecule has 0 radical (unpaired) electrons. The van der Waals surface area contributed by atoms with Gasteiger partial charge in [-0.2, -0.15) is 5.26 Å². The average Bonchev–Trinajstić information content (AvgIpc) is 2.93. The van der Waals surface area contributed by atoms with Crippen LogP contribution in [0.5, 0.6) is 11.5 Å². The summed E-state index contributed by atoms with van der Waals surface area (Å²) in [5.74, 6) is 0.419. The van der Waals surface area contributed by atoms with Crippen molar-refractivity contribution in [3.8, 4) is 38.4 Å². The normalized spacial score (nSPS) is 10.2. The third-order valence-electron chi connectivity index (χ3n) is 3.13. The number of phenols is 2. The van der Waals surface area contributed by atoms with E-state index in [0.29, 0.717) is 5.56 Å². The van der Waals surface area contributed by atoms with Gasteiger partial charge in [-0.25, -0.2) is 0 Å². The monoisotopic (exact) mass is 293 g/mol. The van der Waals surface area contributed by atoms with E-state index in [9.17, 15) is 15.5 Å². The van der Waals surface area contributed by atoms with Gasteiger partial charge in [0, 0.05) is 4.88 Å². The molecule has 3 rings (SSSR count). The lowest BCUT2D eigenvalue weighted by Gasteiger charge is -1.99. The van der Waals surface area contributed by atoms with Gasteiger partial charge in [-0.15, -0.1) is 11.3 Å². The van der Waals surface area contributed by atoms with Gasteiger partial charge in [0.15, 0.2) is 0 Å². The summed E-state index contributed by atoms with van der Waals surface area (Å²) < 4.78 is 0. The Morgan fingerprint density at radius 3 is 1.86 bits per heavy atom. The molecular formula is C17H11NO2S. The number of aromatic hydroxyl groups is 2. The minimum absolute atomic E-state index is 0.201. The fourth-order valence-electron chi connectivity index (χ4n) is 2.07. The van der Waals surface area contributed by atoms with Crippen LogP contribution in [-0.4, -0.2) is 10.2 Å². The number of nitrogens with zero attached hydrogens (tertiary/aromatic N) is 1. The van der Waals surface area contributed by atoms with Gasteiger partial charge in [0.1, 0.15) is 17.6 Å². The number of nitriles is 1. The highest BCUT2D eigenvalue weighted by Gasteiger charge is 2.12. The van der Waals surface area contributed by atoms with Gasteiger partial charge in [-0.3, -0.25) is 0 Å². The van der Waals surface area contributed by atoms with Gasteiger partial charge in [0.2, 0.25) is 0 Å². The average molecular weight is 293 g/mol. The SMILES string of the molecule is N#Cc1cc(-c2ccc(O)cc2)sc1-c1ccc(O)cc1. The molecular weight excluding hydrogens is 282 g/mol. The van der Waals surface area contributed by atoms with E-state index in [1.807, 2.05) is 18.2 Å². The van der Waals surface area contributed by atoms with Gasteiger partial charge in [-0.1, -0.05) is 0 Å². The van der Waals surface area contributed by atoms with Crippen molar-refractivity contribution >= 4 is 11.3 Å². The Morgan fingerprint density at radius 2 is 1.33 bits per heavy atom. The Kier molecular flexibility index (Phi) is 3.35. The molecule has 4 heteroatoms. The minimum atomic E-state index is 0.201. The third kappa shape index (κ3) is 2.60. The van der Waals surface area contributed by atoms with Crippen molar-refractivity contribution in [2.75, 3.05) is 0 Å². The summed E-state index contributed by atoms with van der Waals surface area (Å²) >= 11 is 1.52. The summed E-state index contributed by atoms with van der Waals surface area (Å²) in [7, 11) is 0. The predicted octanol–water partition coefficient (Wildman–Crippen LogP) is 4.36. The maximum atomic E-state index is 9.35. The molecule has 0 saturated carbocycles. The molecule has 0 amide bonds. The Hall–Kier alpha value is -2.77. The van der Waals surface area contributed by atoms with Gasteiger partial charge in [0.05, 0.1) is 10.4 Å². The summed E-state index contributed by atoms with van der Waals surface area (Å²) in [5, 5.41) is 28.0. The lowest BCUT2D eigenvalue weighted by molar-refractivity contribution is 0.475. The molecule has 0 aliphatic carbocycles. The molecule has 3 aromatic rings. The summed E-state index contributed by atoms with van der Waals surface area (Å²) in [6.07, 6.45) is 0. The zero-order chi connectivity index (χ0) is 14.8. The van der Waals surface area contributed by atoms with Crippen molar-refractivity contribution in [3.05, 3.63) is 60.2 Å². The summed E-state index contributed by atoms with van der Waals surface area (Å²) in [6, 6.07) is 17.8. The van der Waals surface area contributed by atoms with Crippen LogP contribution in [0.2, 0.25) is 0 Å². The third-order valence-corrected chi connectivity index (χ3v) is 4.37. The molecule has 3 nitrogen and oxygen atoms in total. The Morgan fingerprint density at radius 1 is 0.810 bits per heavy atom. The van der Waals surface area contributed by atoms with Crippen LogP contribution in [0.4, 0.5) is 0 Å². The molecule has 102 valence electrons. The van der Waals surface area contributed by atoms with Crippen LogP contribution in [0.25, 0.3) is 20.9 Å². The highest BCUT2D eigenvalue weighted by molar-refractivity contribution is 7.19.